The van der Waals surface area contributed by atoms with E-state index in [0.717, 1.165) is 17.7 Å². The van der Waals surface area contributed by atoms with Gasteiger partial charge in [0.15, 0.2) is 6.10 Å². The molecule has 0 N–H and O–H groups in total. The van der Waals surface area contributed by atoms with Crippen LogP contribution in [0, 0.1) is 6.92 Å². The van der Waals surface area contributed by atoms with Gasteiger partial charge >= 0.3 is 6.36 Å². The molecule has 2 aromatic rings. The van der Waals surface area contributed by atoms with Crippen molar-refractivity contribution in [2.75, 3.05) is 13.6 Å². The first kappa shape index (κ1) is 22.0. The standard InChI is InChI=1S/C21H21ClF3N3O2/c1-4-28(3)12-26-19-8-13(2)16(10-17(19)22)20-11-18(27-30-20)14-6-5-7-15(9-14)29-21(23,24)25/h5-10,12,20H,4,11H2,1-3H3. The van der Waals surface area contributed by atoms with Gasteiger partial charge in [0.25, 0.3) is 0 Å². The first-order chi connectivity index (χ1) is 14.2. The first-order valence-corrected chi connectivity index (χ1v) is 9.67. The number of ether oxygens (including phenoxy) is 1. The summed E-state index contributed by atoms with van der Waals surface area (Å²) in [4.78, 5) is 11.9. The maximum atomic E-state index is 12.5. The minimum atomic E-state index is -4.75. The Balaban J connectivity index is 1.76. The van der Waals surface area contributed by atoms with Gasteiger partial charge in [-0.25, -0.2) is 4.99 Å². The molecule has 3 rings (SSSR count). The minimum Gasteiger partial charge on any atom is -0.406 e. The smallest absolute Gasteiger partial charge is 0.406 e. The quantitative estimate of drug-likeness (QED) is 0.408. The molecule has 30 heavy (non-hydrogen) atoms. The van der Waals surface area contributed by atoms with E-state index in [1.54, 1.807) is 18.5 Å². The molecular formula is C21H21ClF3N3O2. The van der Waals surface area contributed by atoms with Crippen molar-refractivity contribution in [2.45, 2.75) is 32.7 Å². The second kappa shape index (κ2) is 8.95. The highest BCUT2D eigenvalue weighted by Crippen LogP contribution is 2.37. The summed E-state index contributed by atoms with van der Waals surface area (Å²) in [6.07, 6.45) is -3.03. The fourth-order valence-electron chi connectivity index (χ4n) is 2.96. The number of rotatable bonds is 6. The van der Waals surface area contributed by atoms with Crippen molar-refractivity contribution in [2.24, 2.45) is 10.1 Å². The van der Waals surface area contributed by atoms with E-state index in [2.05, 4.69) is 14.9 Å². The molecule has 1 heterocycles. The van der Waals surface area contributed by atoms with Gasteiger partial charge in [0, 0.05) is 25.6 Å². The summed E-state index contributed by atoms with van der Waals surface area (Å²) in [6.45, 7) is 4.76. The topological polar surface area (TPSA) is 46.4 Å². The maximum absolute atomic E-state index is 12.5. The van der Waals surface area contributed by atoms with Gasteiger partial charge in [0.1, 0.15) is 5.75 Å². The van der Waals surface area contributed by atoms with Crippen LogP contribution in [0.25, 0.3) is 0 Å². The van der Waals surface area contributed by atoms with Gasteiger partial charge in [-0.3, -0.25) is 0 Å². The zero-order valence-corrected chi connectivity index (χ0v) is 17.5. The third-order valence-corrected chi connectivity index (χ3v) is 4.95. The Labute approximate surface area is 177 Å². The Bertz CT molecular complexity index is 976. The van der Waals surface area contributed by atoms with Gasteiger partial charge < -0.3 is 14.5 Å². The van der Waals surface area contributed by atoms with Gasteiger partial charge in [-0.05, 0) is 49.2 Å². The zero-order chi connectivity index (χ0) is 21.9. The number of benzene rings is 2. The predicted molar refractivity (Wildman–Crippen MR) is 111 cm³/mol. The Morgan fingerprint density at radius 1 is 1.33 bits per heavy atom. The molecule has 0 fully saturated rings. The van der Waals surface area contributed by atoms with Crippen molar-refractivity contribution in [1.82, 2.24) is 4.90 Å². The molecular weight excluding hydrogens is 419 g/mol. The van der Waals surface area contributed by atoms with Crippen LogP contribution in [0.4, 0.5) is 18.9 Å². The van der Waals surface area contributed by atoms with Crippen LogP contribution in [0.2, 0.25) is 5.02 Å². The number of hydrogen-bond acceptors (Lipinski definition) is 4. The molecule has 0 radical (unpaired) electrons. The van der Waals surface area contributed by atoms with Crippen molar-refractivity contribution in [3.63, 3.8) is 0 Å². The van der Waals surface area contributed by atoms with Crippen LogP contribution < -0.4 is 4.74 Å². The lowest BCUT2D eigenvalue weighted by atomic mass is 9.96. The van der Waals surface area contributed by atoms with Crippen molar-refractivity contribution >= 4 is 29.3 Å². The van der Waals surface area contributed by atoms with E-state index >= 15 is 0 Å². The summed E-state index contributed by atoms with van der Waals surface area (Å²) < 4.78 is 41.4. The average molecular weight is 440 g/mol. The second-order valence-electron chi connectivity index (χ2n) is 6.89. The van der Waals surface area contributed by atoms with Gasteiger partial charge in [-0.15, -0.1) is 13.2 Å². The zero-order valence-electron chi connectivity index (χ0n) is 16.7. The highest BCUT2D eigenvalue weighted by Gasteiger charge is 2.32. The third kappa shape index (κ3) is 5.44. The summed E-state index contributed by atoms with van der Waals surface area (Å²) in [5, 5.41) is 4.55. The molecule has 0 spiro atoms. The molecule has 0 saturated carbocycles. The fourth-order valence-corrected chi connectivity index (χ4v) is 3.18. The normalized spacial score (nSPS) is 16.5. The predicted octanol–water partition coefficient (Wildman–Crippen LogP) is 6.02. The van der Waals surface area contributed by atoms with Crippen molar-refractivity contribution in [3.8, 4) is 5.75 Å². The minimum absolute atomic E-state index is 0.301. The summed E-state index contributed by atoms with van der Waals surface area (Å²) in [5.74, 6) is -0.301. The Kier molecular flexibility index (Phi) is 6.55. The molecule has 1 unspecified atom stereocenters. The second-order valence-corrected chi connectivity index (χ2v) is 7.30. The lowest BCUT2D eigenvalue weighted by Gasteiger charge is -2.14. The SMILES string of the molecule is CCN(C)C=Nc1cc(C)c(C2CC(c3cccc(OC(F)(F)F)c3)=NO2)cc1Cl. The molecule has 2 aromatic carbocycles. The monoisotopic (exact) mass is 439 g/mol. The van der Waals surface area contributed by atoms with Gasteiger partial charge in [0.05, 0.1) is 22.8 Å². The van der Waals surface area contributed by atoms with E-state index in [-0.39, 0.29) is 11.9 Å². The summed E-state index contributed by atoms with van der Waals surface area (Å²) >= 11 is 6.39. The molecule has 1 aliphatic rings. The molecule has 1 atom stereocenters. The number of alkyl halides is 3. The van der Waals surface area contributed by atoms with Crippen LogP contribution in [0.1, 0.15) is 36.1 Å². The molecule has 160 valence electrons. The van der Waals surface area contributed by atoms with Gasteiger partial charge in [-0.1, -0.05) is 28.9 Å². The van der Waals surface area contributed by atoms with Crippen LogP contribution >= 0.6 is 11.6 Å². The Hall–Kier alpha value is -2.74. The summed E-state index contributed by atoms with van der Waals surface area (Å²) in [7, 11) is 1.92. The van der Waals surface area contributed by atoms with E-state index in [9.17, 15) is 13.2 Å². The Morgan fingerprint density at radius 3 is 2.80 bits per heavy atom. The maximum Gasteiger partial charge on any atom is 0.573 e. The molecule has 1 aliphatic heterocycles. The Morgan fingerprint density at radius 2 is 2.10 bits per heavy atom. The first-order valence-electron chi connectivity index (χ1n) is 9.29. The molecule has 5 nitrogen and oxygen atoms in total. The van der Waals surface area contributed by atoms with Gasteiger partial charge in [0.2, 0.25) is 0 Å². The molecule has 0 amide bonds. The van der Waals surface area contributed by atoms with Crippen molar-refractivity contribution in [1.29, 1.82) is 0 Å². The van der Waals surface area contributed by atoms with E-state index in [1.807, 2.05) is 31.9 Å². The summed E-state index contributed by atoms with van der Waals surface area (Å²) in [5.41, 5.74) is 3.47. The fraction of sp³-hybridized carbons (Fsp3) is 0.333. The van der Waals surface area contributed by atoms with Crippen LogP contribution in [-0.2, 0) is 4.84 Å². The lowest BCUT2D eigenvalue weighted by molar-refractivity contribution is -0.274. The number of aryl methyl sites for hydroxylation is 1. The van der Waals surface area contributed by atoms with E-state index in [1.165, 1.54) is 18.2 Å². The molecule has 0 aliphatic carbocycles. The number of halogens is 4. The molecule has 0 bridgehead atoms. The number of hydrogen-bond donors (Lipinski definition) is 0. The van der Waals surface area contributed by atoms with E-state index in [4.69, 9.17) is 16.4 Å². The van der Waals surface area contributed by atoms with Crippen molar-refractivity contribution in [3.05, 3.63) is 58.1 Å². The highest BCUT2D eigenvalue weighted by molar-refractivity contribution is 6.33. The number of aliphatic imine (C=N–C) groups is 1. The molecule has 0 saturated heterocycles. The largest absolute Gasteiger partial charge is 0.573 e. The van der Waals surface area contributed by atoms with Crippen LogP contribution in [0.15, 0.2) is 46.5 Å². The molecule has 0 aromatic heterocycles. The van der Waals surface area contributed by atoms with Gasteiger partial charge in [-0.2, -0.15) is 0 Å². The third-order valence-electron chi connectivity index (χ3n) is 4.64. The van der Waals surface area contributed by atoms with E-state index in [0.29, 0.717) is 28.4 Å². The average Bonchev–Trinajstić information content (AvgIpc) is 3.17. The highest BCUT2D eigenvalue weighted by atomic mass is 35.5. The van der Waals surface area contributed by atoms with Crippen LogP contribution in [-0.4, -0.2) is 36.9 Å². The number of oxime groups is 1. The van der Waals surface area contributed by atoms with E-state index < -0.39 is 6.36 Å². The lowest BCUT2D eigenvalue weighted by Crippen LogP contribution is -2.17. The van der Waals surface area contributed by atoms with Crippen LogP contribution in [0.3, 0.4) is 0 Å². The molecule has 9 heteroatoms. The number of nitrogens with zero attached hydrogens (tertiary/aromatic N) is 3. The van der Waals surface area contributed by atoms with Crippen molar-refractivity contribution < 1.29 is 22.7 Å². The summed E-state index contributed by atoms with van der Waals surface area (Å²) in [6, 6.07) is 9.34. The van der Waals surface area contributed by atoms with Crippen LogP contribution in [0.5, 0.6) is 5.75 Å².